The molecule has 0 rings (SSSR count). The van der Waals surface area contributed by atoms with E-state index in [1.807, 2.05) is 6.92 Å². The molecule has 0 spiro atoms. The summed E-state index contributed by atoms with van der Waals surface area (Å²) < 4.78 is 5.55. The molecule has 0 fully saturated rings. The largest absolute Gasteiger partial charge is 0.463 e. The number of allylic oxidation sites excluding steroid dienone is 2. The van der Waals surface area contributed by atoms with Crippen LogP contribution in [0.3, 0.4) is 0 Å². The lowest BCUT2D eigenvalue weighted by Gasteiger charge is -2.13. The first-order valence-electron chi connectivity index (χ1n) is 13.5. The summed E-state index contributed by atoms with van der Waals surface area (Å²) in [5.74, 6) is 0.00566. The van der Waals surface area contributed by atoms with Crippen LogP contribution in [0.4, 0.5) is 0 Å². The molecule has 0 aliphatic carbocycles. The molecule has 0 aromatic carbocycles. The van der Waals surface area contributed by atoms with Gasteiger partial charge in [0.05, 0.1) is 6.10 Å². The predicted octanol–water partition coefficient (Wildman–Crippen LogP) is 9.71. The van der Waals surface area contributed by atoms with Crippen LogP contribution in [-0.4, -0.2) is 12.1 Å². The molecule has 1 unspecified atom stereocenters. The molecular formula is C28H54O2. The molecule has 2 heteroatoms. The van der Waals surface area contributed by atoms with E-state index in [0.29, 0.717) is 6.42 Å². The molecule has 0 amide bonds. The van der Waals surface area contributed by atoms with Crippen molar-refractivity contribution in [2.75, 3.05) is 0 Å². The zero-order valence-corrected chi connectivity index (χ0v) is 20.9. The average Bonchev–Trinajstić information content (AvgIpc) is 2.73. The smallest absolute Gasteiger partial charge is 0.306 e. The van der Waals surface area contributed by atoms with Crippen LogP contribution in [0.1, 0.15) is 156 Å². The molecule has 0 saturated heterocycles. The number of esters is 1. The molecule has 0 aromatic rings. The SMILES string of the molecule is CCCCCCCC/C=C\CCCCCCCC(=O)OC(C)CCCCCCCC. The summed E-state index contributed by atoms with van der Waals surface area (Å²) in [6, 6.07) is 0. The van der Waals surface area contributed by atoms with Gasteiger partial charge in [-0.05, 0) is 51.9 Å². The van der Waals surface area contributed by atoms with E-state index in [1.54, 1.807) is 0 Å². The van der Waals surface area contributed by atoms with E-state index in [-0.39, 0.29) is 12.1 Å². The van der Waals surface area contributed by atoms with E-state index in [0.717, 1.165) is 19.3 Å². The molecule has 1 atom stereocenters. The van der Waals surface area contributed by atoms with Gasteiger partial charge in [-0.2, -0.15) is 0 Å². The number of ether oxygens (including phenoxy) is 1. The molecule has 0 saturated carbocycles. The van der Waals surface area contributed by atoms with Gasteiger partial charge in [-0.1, -0.05) is 109 Å². The summed E-state index contributed by atoms with van der Waals surface area (Å²) in [6.07, 6.45) is 30.9. The fraction of sp³-hybridized carbons (Fsp3) is 0.893. The molecule has 0 N–H and O–H groups in total. The Morgan fingerprint density at radius 3 is 1.60 bits per heavy atom. The fourth-order valence-corrected chi connectivity index (χ4v) is 3.89. The van der Waals surface area contributed by atoms with Crippen molar-refractivity contribution in [1.82, 2.24) is 0 Å². The first-order chi connectivity index (χ1) is 14.7. The standard InChI is InChI=1S/C28H54O2/c1-4-6-8-10-12-13-14-15-16-17-18-19-20-22-24-26-28(29)30-27(3)25-23-21-11-9-7-5-2/h15-16,27H,4-14,17-26H2,1-3H3/b16-15-. The third-order valence-electron chi connectivity index (χ3n) is 5.94. The molecule has 2 nitrogen and oxygen atoms in total. The van der Waals surface area contributed by atoms with Crippen LogP contribution in [0, 0.1) is 0 Å². The highest BCUT2D eigenvalue weighted by Crippen LogP contribution is 2.13. The van der Waals surface area contributed by atoms with Gasteiger partial charge < -0.3 is 4.74 Å². The molecular weight excluding hydrogens is 368 g/mol. The second-order valence-electron chi connectivity index (χ2n) is 9.19. The van der Waals surface area contributed by atoms with Crippen molar-refractivity contribution in [3.8, 4) is 0 Å². The quantitative estimate of drug-likeness (QED) is 0.0930. The molecule has 0 aromatic heterocycles. The average molecular weight is 423 g/mol. The molecule has 0 aliphatic heterocycles. The minimum absolute atomic E-state index is 0.00566. The lowest BCUT2D eigenvalue weighted by atomic mass is 10.1. The minimum atomic E-state index is 0.00566. The highest BCUT2D eigenvalue weighted by molar-refractivity contribution is 5.69. The maximum Gasteiger partial charge on any atom is 0.306 e. The Labute approximate surface area is 189 Å². The van der Waals surface area contributed by atoms with Crippen molar-refractivity contribution < 1.29 is 9.53 Å². The van der Waals surface area contributed by atoms with Gasteiger partial charge in [-0.3, -0.25) is 4.79 Å². The number of carbonyl (C=O) groups excluding carboxylic acids is 1. The van der Waals surface area contributed by atoms with Crippen LogP contribution in [-0.2, 0) is 9.53 Å². The van der Waals surface area contributed by atoms with Crippen molar-refractivity contribution >= 4 is 5.97 Å². The second-order valence-corrected chi connectivity index (χ2v) is 9.19. The monoisotopic (exact) mass is 422 g/mol. The van der Waals surface area contributed by atoms with Gasteiger partial charge in [-0.25, -0.2) is 0 Å². The summed E-state index contributed by atoms with van der Waals surface area (Å²) >= 11 is 0. The topological polar surface area (TPSA) is 26.3 Å². The van der Waals surface area contributed by atoms with Crippen molar-refractivity contribution in [3.05, 3.63) is 12.2 Å². The van der Waals surface area contributed by atoms with Gasteiger partial charge in [0.1, 0.15) is 0 Å². The highest BCUT2D eigenvalue weighted by Gasteiger charge is 2.08. The Kier molecular flexibility index (Phi) is 23.8. The summed E-state index contributed by atoms with van der Waals surface area (Å²) in [5.41, 5.74) is 0. The predicted molar refractivity (Wildman–Crippen MR) is 133 cm³/mol. The van der Waals surface area contributed by atoms with Gasteiger partial charge in [0.25, 0.3) is 0 Å². The molecule has 0 heterocycles. The lowest BCUT2D eigenvalue weighted by Crippen LogP contribution is -2.14. The zero-order valence-electron chi connectivity index (χ0n) is 20.9. The molecule has 0 radical (unpaired) electrons. The maximum atomic E-state index is 11.9. The van der Waals surface area contributed by atoms with Gasteiger partial charge in [0.15, 0.2) is 0 Å². The fourth-order valence-electron chi connectivity index (χ4n) is 3.89. The minimum Gasteiger partial charge on any atom is -0.463 e. The van der Waals surface area contributed by atoms with Gasteiger partial charge in [0, 0.05) is 6.42 Å². The van der Waals surface area contributed by atoms with E-state index in [4.69, 9.17) is 4.74 Å². The summed E-state index contributed by atoms with van der Waals surface area (Å²) in [7, 11) is 0. The van der Waals surface area contributed by atoms with Crippen molar-refractivity contribution in [1.29, 1.82) is 0 Å². The number of hydrogen-bond acceptors (Lipinski definition) is 2. The van der Waals surface area contributed by atoms with Gasteiger partial charge in [0.2, 0.25) is 0 Å². The van der Waals surface area contributed by atoms with Crippen molar-refractivity contribution in [2.45, 2.75) is 162 Å². The molecule has 0 bridgehead atoms. The van der Waals surface area contributed by atoms with Crippen molar-refractivity contribution in [3.63, 3.8) is 0 Å². The Hall–Kier alpha value is -0.790. The normalized spacial score (nSPS) is 12.5. The van der Waals surface area contributed by atoms with E-state index >= 15 is 0 Å². The molecule has 0 aliphatic rings. The number of carbonyl (C=O) groups is 1. The Morgan fingerprint density at radius 1 is 0.633 bits per heavy atom. The van der Waals surface area contributed by atoms with E-state index < -0.39 is 0 Å². The van der Waals surface area contributed by atoms with Crippen LogP contribution < -0.4 is 0 Å². The highest BCUT2D eigenvalue weighted by atomic mass is 16.5. The first-order valence-corrected chi connectivity index (χ1v) is 13.5. The third kappa shape index (κ3) is 23.5. The molecule has 30 heavy (non-hydrogen) atoms. The van der Waals surface area contributed by atoms with Crippen molar-refractivity contribution in [2.24, 2.45) is 0 Å². The van der Waals surface area contributed by atoms with Crippen LogP contribution in [0.15, 0.2) is 12.2 Å². The van der Waals surface area contributed by atoms with Crippen LogP contribution in [0.25, 0.3) is 0 Å². The zero-order chi connectivity index (χ0) is 22.1. The second kappa shape index (κ2) is 24.5. The van der Waals surface area contributed by atoms with Crippen LogP contribution in [0.5, 0.6) is 0 Å². The first kappa shape index (κ1) is 29.2. The number of rotatable bonds is 23. The lowest BCUT2D eigenvalue weighted by molar-refractivity contribution is -0.148. The van der Waals surface area contributed by atoms with E-state index in [9.17, 15) is 4.79 Å². The van der Waals surface area contributed by atoms with Gasteiger partial charge in [-0.15, -0.1) is 0 Å². The van der Waals surface area contributed by atoms with E-state index in [1.165, 1.54) is 109 Å². The summed E-state index contributed by atoms with van der Waals surface area (Å²) in [6.45, 7) is 6.57. The summed E-state index contributed by atoms with van der Waals surface area (Å²) in [5, 5.41) is 0. The van der Waals surface area contributed by atoms with Gasteiger partial charge >= 0.3 is 5.97 Å². The summed E-state index contributed by atoms with van der Waals surface area (Å²) in [4.78, 5) is 11.9. The number of hydrogen-bond donors (Lipinski definition) is 0. The van der Waals surface area contributed by atoms with Crippen LogP contribution >= 0.6 is 0 Å². The molecule has 178 valence electrons. The maximum absolute atomic E-state index is 11.9. The third-order valence-corrected chi connectivity index (χ3v) is 5.94. The Balaban J connectivity index is 3.33. The van der Waals surface area contributed by atoms with E-state index in [2.05, 4.69) is 26.0 Å². The Morgan fingerprint density at radius 2 is 1.07 bits per heavy atom. The van der Waals surface area contributed by atoms with Crippen LogP contribution in [0.2, 0.25) is 0 Å². The number of unbranched alkanes of at least 4 members (excludes halogenated alkanes) is 16. The Bertz CT molecular complexity index is 375.